The van der Waals surface area contributed by atoms with Gasteiger partial charge in [0.2, 0.25) is 0 Å². The number of nitrogens with one attached hydrogen (secondary N) is 1. The minimum atomic E-state index is -0.404. The van der Waals surface area contributed by atoms with Crippen molar-refractivity contribution in [2.75, 3.05) is 20.8 Å². The van der Waals surface area contributed by atoms with Crippen LogP contribution in [-0.2, 0) is 16.0 Å². The molecule has 0 unspecified atom stereocenters. The van der Waals surface area contributed by atoms with Crippen LogP contribution in [0, 0.1) is 0 Å². The minimum Gasteiger partial charge on any atom is -0.465 e. The highest BCUT2D eigenvalue weighted by molar-refractivity contribution is 5.94. The molecule has 4 aromatic rings. The van der Waals surface area contributed by atoms with Crippen LogP contribution in [0.1, 0.15) is 30.2 Å². The molecule has 1 N–H and O–H groups in total. The van der Waals surface area contributed by atoms with Gasteiger partial charge >= 0.3 is 11.7 Å². The number of fused-ring (bicyclic) bond motifs is 2. The molecule has 2 heterocycles. The zero-order chi connectivity index (χ0) is 21.4. The molecule has 156 valence electrons. The summed E-state index contributed by atoms with van der Waals surface area (Å²) in [5.41, 5.74) is 4.37. The third-order valence-electron chi connectivity index (χ3n) is 5.18. The van der Waals surface area contributed by atoms with Crippen molar-refractivity contribution in [1.29, 1.82) is 0 Å². The normalized spacial score (nSPS) is 11.6. The van der Waals surface area contributed by atoms with E-state index in [1.54, 1.807) is 23.8 Å². The van der Waals surface area contributed by atoms with Crippen LogP contribution in [0.5, 0.6) is 0 Å². The van der Waals surface area contributed by atoms with E-state index in [-0.39, 0.29) is 11.7 Å². The zero-order valence-corrected chi connectivity index (χ0v) is 17.4. The predicted octanol–water partition coefficient (Wildman–Crippen LogP) is 3.36. The Hall–Kier alpha value is -3.39. The number of aromatic amines is 1. The molecule has 8 nitrogen and oxygen atoms in total. The number of imidazole rings is 2. The number of benzene rings is 2. The number of ether oxygens (including phenoxy) is 2. The van der Waals surface area contributed by atoms with Crippen LogP contribution in [0.2, 0.25) is 0 Å². The van der Waals surface area contributed by atoms with Crippen molar-refractivity contribution in [3.05, 3.63) is 52.4 Å². The largest absolute Gasteiger partial charge is 0.465 e. The number of carbonyl (C=O) groups excluding carboxylic acids is 1. The monoisotopic (exact) mass is 408 g/mol. The predicted molar refractivity (Wildman–Crippen MR) is 115 cm³/mol. The second-order valence-corrected chi connectivity index (χ2v) is 7.40. The molecular weight excluding hydrogens is 384 g/mol. The number of methoxy groups -OCH3 is 2. The van der Waals surface area contributed by atoms with Crippen molar-refractivity contribution in [3.8, 4) is 11.4 Å². The van der Waals surface area contributed by atoms with Crippen molar-refractivity contribution in [1.82, 2.24) is 19.1 Å². The van der Waals surface area contributed by atoms with E-state index in [0.717, 1.165) is 27.9 Å². The van der Waals surface area contributed by atoms with Crippen LogP contribution >= 0.6 is 0 Å². The number of hydrogen-bond acceptors (Lipinski definition) is 5. The fraction of sp³-hybridized carbons (Fsp3) is 0.318. The number of hydrogen-bond donors (Lipinski definition) is 1. The molecule has 0 atom stereocenters. The van der Waals surface area contributed by atoms with Crippen LogP contribution < -0.4 is 5.69 Å². The Balaban J connectivity index is 1.89. The van der Waals surface area contributed by atoms with Crippen molar-refractivity contribution >= 4 is 28.0 Å². The molecule has 0 bridgehead atoms. The molecule has 0 fully saturated rings. The standard InChI is InChI=1S/C22H24N4O4/c1-13(2)26-19-8-5-14(11-17(19)24-22(26)28)20-23-16-12-15(21(27)30-4)6-7-18(16)25(20)9-10-29-3/h5-8,11-13H,9-10H2,1-4H3,(H,24,28). The summed E-state index contributed by atoms with van der Waals surface area (Å²) in [7, 11) is 3.01. The summed E-state index contributed by atoms with van der Waals surface area (Å²) in [5.74, 6) is 0.336. The summed E-state index contributed by atoms with van der Waals surface area (Å²) in [6.45, 7) is 5.07. The Morgan fingerprint density at radius 1 is 1.13 bits per heavy atom. The van der Waals surface area contributed by atoms with Gasteiger partial charge in [0, 0.05) is 25.3 Å². The van der Waals surface area contributed by atoms with E-state index in [1.165, 1.54) is 7.11 Å². The fourth-order valence-corrected chi connectivity index (χ4v) is 3.79. The van der Waals surface area contributed by atoms with Gasteiger partial charge in [0.05, 0.1) is 41.3 Å². The first-order valence-electron chi connectivity index (χ1n) is 9.76. The summed E-state index contributed by atoms with van der Waals surface area (Å²) in [6.07, 6.45) is 0. The Bertz CT molecular complexity index is 1300. The highest BCUT2D eigenvalue weighted by atomic mass is 16.5. The van der Waals surface area contributed by atoms with Crippen molar-refractivity contribution in [2.24, 2.45) is 0 Å². The van der Waals surface area contributed by atoms with Crippen LogP contribution in [0.3, 0.4) is 0 Å². The van der Waals surface area contributed by atoms with Gasteiger partial charge in [-0.1, -0.05) is 0 Å². The molecule has 0 aliphatic rings. The topological polar surface area (TPSA) is 91.1 Å². The molecule has 30 heavy (non-hydrogen) atoms. The molecule has 0 aliphatic carbocycles. The summed E-state index contributed by atoms with van der Waals surface area (Å²) >= 11 is 0. The van der Waals surface area contributed by atoms with Crippen molar-refractivity contribution < 1.29 is 14.3 Å². The van der Waals surface area contributed by atoms with Gasteiger partial charge in [0.1, 0.15) is 5.82 Å². The lowest BCUT2D eigenvalue weighted by atomic mass is 10.2. The summed E-state index contributed by atoms with van der Waals surface area (Å²) in [4.78, 5) is 32.0. The van der Waals surface area contributed by atoms with Crippen molar-refractivity contribution in [2.45, 2.75) is 26.4 Å². The maximum Gasteiger partial charge on any atom is 0.337 e. The van der Waals surface area contributed by atoms with Gasteiger partial charge in [-0.25, -0.2) is 14.6 Å². The Morgan fingerprint density at radius 3 is 2.60 bits per heavy atom. The van der Waals surface area contributed by atoms with E-state index in [1.807, 2.05) is 38.1 Å². The van der Waals surface area contributed by atoms with Crippen LogP contribution in [0.15, 0.2) is 41.2 Å². The number of rotatable bonds is 6. The average molecular weight is 408 g/mol. The zero-order valence-electron chi connectivity index (χ0n) is 17.4. The molecule has 0 saturated heterocycles. The Kier molecular flexibility index (Phi) is 5.17. The highest BCUT2D eigenvalue weighted by Gasteiger charge is 2.17. The first-order chi connectivity index (χ1) is 14.4. The Morgan fingerprint density at radius 2 is 1.90 bits per heavy atom. The van der Waals surface area contributed by atoms with Crippen molar-refractivity contribution in [3.63, 3.8) is 0 Å². The number of aromatic nitrogens is 4. The average Bonchev–Trinajstić information content (AvgIpc) is 3.26. The number of esters is 1. The molecule has 0 radical (unpaired) electrons. The molecule has 0 amide bonds. The molecule has 4 rings (SSSR count). The fourth-order valence-electron chi connectivity index (χ4n) is 3.79. The van der Waals surface area contributed by atoms with Gasteiger partial charge in [-0.15, -0.1) is 0 Å². The van der Waals surface area contributed by atoms with Gasteiger partial charge in [-0.3, -0.25) is 4.57 Å². The minimum absolute atomic E-state index is 0.0557. The van der Waals surface area contributed by atoms with E-state index in [9.17, 15) is 9.59 Å². The molecule has 0 saturated carbocycles. The van der Waals surface area contributed by atoms with E-state index in [0.29, 0.717) is 24.2 Å². The maximum atomic E-state index is 12.3. The van der Waals surface area contributed by atoms with E-state index < -0.39 is 5.97 Å². The summed E-state index contributed by atoms with van der Waals surface area (Å²) in [5, 5.41) is 0. The van der Waals surface area contributed by atoms with Gasteiger partial charge in [-0.2, -0.15) is 0 Å². The lowest BCUT2D eigenvalue weighted by Crippen LogP contribution is -2.18. The highest BCUT2D eigenvalue weighted by Crippen LogP contribution is 2.28. The first-order valence-corrected chi connectivity index (χ1v) is 9.76. The lowest BCUT2D eigenvalue weighted by Gasteiger charge is -2.10. The second kappa shape index (κ2) is 7.79. The van der Waals surface area contributed by atoms with Crippen LogP contribution in [0.4, 0.5) is 0 Å². The molecule has 0 spiro atoms. The summed E-state index contributed by atoms with van der Waals surface area (Å²) in [6, 6.07) is 11.2. The third kappa shape index (κ3) is 3.29. The van der Waals surface area contributed by atoms with Gasteiger partial charge in [0.25, 0.3) is 0 Å². The molecule has 8 heteroatoms. The number of H-pyrrole nitrogens is 1. The van der Waals surface area contributed by atoms with Gasteiger partial charge in [-0.05, 0) is 50.2 Å². The molecule has 0 aliphatic heterocycles. The molecule has 2 aromatic carbocycles. The van der Waals surface area contributed by atoms with E-state index >= 15 is 0 Å². The third-order valence-corrected chi connectivity index (χ3v) is 5.18. The van der Waals surface area contributed by atoms with Gasteiger partial charge in [0.15, 0.2) is 0 Å². The Labute approximate surface area is 173 Å². The van der Waals surface area contributed by atoms with Crippen LogP contribution in [-0.4, -0.2) is 45.9 Å². The number of carbonyl (C=O) groups is 1. The first kappa shape index (κ1) is 19.9. The SMILES string of the molecule is COCCn1c(-c2ccc3c(c2)[nH]c(=O)n3C(C)C)nc2cc(C(=O)OC)ccc21. The smallest absolute Gasteiger partial charge is 0.337 e. The molecular formula is C22H24N4O4. The summed E-state index contributed by atoms with van der Waals surface area (Å²) < 4.78 is 13.9. The molecule has 2 aromatic heterocycles. The van der Waals surface area contributed by atoms with Gasteiger partial charge < -0.3 is 19.0 Å². The quantitative estimate of drug-likeness (QED) is 0.494. The number of nitrogens with zero attached hydrogens (tertiary/aromatic N) is 3. The lowest BCUT2D eigenvalue weighted by molar-refractivity contribution is 0.0601. The van der Waals surface area contributed by atoms with E-state index in [4.69, 9.17) is 14.5 Å². The van der Waals surface area contributed by atoms with Crippen LogP contribution in [0.25, 0.3) is 33.5 Å². The van der Waals surface area contributed by atoms with E-state index in [2.05, 4.69) is 9.55 Å². The maximum absolute atomic E-state index is 12.3. The second-order valence-electron chi connectivity index (χ2n) is 7.40.